The molecule has 37 heavy (non-hydrogen) atoms. The first-order valence-electron chi connectivity index (χ1n) is 14.6. The smallest absolute Gasteiger partial charge is 0.239 e. The van der Waals surface area contributed by atoms with Crippen molar-refractivity contribution in [3.05, 3.63) is 0 Å². The molecule has 0 aromatic rings. The molecule has 3 amide bonds. The number of hydrogen-bond donors (Lipinski definition) is 1. The monoisotopic (exact) mass is 519 g/mol. The van der Waals surface area contributed by atoms with Gasteiger partial charge in [-0.25, -0.2) is 9.78 Å². The lowest BCUT2D eigenvalue weighted by atomic mass is 9.57. The number of ether oxygens (including phenoxy) is 1. The number of carbonyl (C=O) groups is 3. The summed E-state index contributed by atoms with van der Waals surface area (Å²) in [6.07, 6.45) is 8.69. The molecule has 6 rings (SSSR count). The number of likely N-dealkylation sites (tertiary alicyclic amines) is 1. The molecule has 0 radical (unpaired) electrons. The van der Waals surface area contributed by atoms with Crippen LogP contribution in [-0.2, 0) is 28.9 Å². The van der Waals surface area contributed by atoms with E-state index in [1.165, 1.54) is 6.42 Å². The Kier molecular flexibility index (Phi) is 7.59. The topological polar surface area (TPSA) is 97.4 Å². The second kappa shape index (κ2) is 10.5. The van der Waals surface area contributed by atoms with Crippen molar-refractivity contribution < 1.29 is 28.9 Å². The Balaban J connectivity index is 1.29. The van der Waals surface area contributed by atoms with E-state index in [2.05, 4.69) is 12.2 Å². The minimum atomic E-state index is -0.909. The number of carbonyl (C=O) groups excluding carboxylic acids is 3. The Hall–Kier alpha value is -1.71. The summed E-state index contributed by atoms with van der Waals surface area (Å²) >= 11 is 0. The SMILES string of the molecule is CCN(CC(=O)NC1CCCCC1)C(=O)CCN1C(=O)[C@H](C)C2CC[C@H](C)C3CCC4(C)OO[C@]32C1O4. The number of rotatable bonds is 7. The van der Waals surface area contributed by atoms with Gasteiger partial charge in [-0.1, -0.05) is 33.1 Å². The number of nitrogens with one attached hydrogen (secondary N) is 1. The molecule has 208 valence electrons. The zero-order chi connectivity index (χ0) is 26.4. The van der Waals surface area contributed by atoms with Gasteiger partial charge in [0.05, 0.1) is 6.54 Å². The third-order valence-electron chi connectivity index (χ3n) is 9.96. The number of amides is 3. The van der Waals surface area contributed by atoms with E-state index in [0.29, 0.717) is 18.9 Å². The van der Waals surface area contributed by atoms with Crippen LogP contribution in [0.25, 0.3) is 0 Å². The molecule has 0 aromatic heterocycles. The second-order valence-electron chi connectivity index (χ2n) is 12.3. The number of hydrogen-bond acceptors (Lipinski definition) is 6. The first-order valence-corrected chi connectivity index (χ1v) is 14.6. The Labute approximate surface area is 220 Å². The Morgan fingerprint density at radius 3 is 2.54 bits per heavy atom. The quantitative estimate of drug-likeness (QED) is 0.518. The first kappa shape index (κ1) is 26.9. The molecule has 6 fully saturated rings. The zero-order valence-electron chi connectivity index (χ0n) is 23.0. The molecule has 4 saturated heterocycles. The third-order valence-corrected chi connectivity index (χ3v) is 9.96. The highest BCUT2D eigenvalue weighted by molar-refractivity contribution is 5.86. The predicted molar refractivity (Wildman–Crippen MR) is 136 cm³/mol. The molecule has 1 N–H and O–H groups in total. The van der Waals surface area contributed by atoms with Crippen LogP contribution in [0.15, 0.2) is 0 Å². The number of piperidine rings is 1. The van der Waals surface area contributed by atoms with E-state index in [9.17, 15) is 14.4 Å². The fourth-order valence-corrected chi connectivity index (χ4v) is 7.83. The molecular formula is C28H45N3O6. The zero-order valence-corrected chi connectivity index (χ0v) is 23.0. The lowest BCUT2D eigenvalue weighted by molar-refractivity contribution is -0.547. The van der Waals surface area contributed by atoms with E-state index in [-0.39, 0.29) is 61.0 Å². The van der Waals surface area contributed by atoms with Crippen molar-refractivity contribution in [3.8, 4) is 0 Å². The van der Waals surface area contributed by atoms with Gasteiger partial charge < -0.3 is 19.9 Å². The summed E-state index contributed by atoms with van der Waals surface area (Å²) in [6, 6.07) is 0.215. The van der Waals surface area contributed by atoms with Crippen molar-refractivity contribution in [2.45, 2.75) is 116 Å². The van der Waals surface area contributed by atoms with Crippen LogP contribution in [0, 0.1) is 23.7 Å². The fraction of sp³-hybridized carbons (Fsp3) is 0.893. The largest absolute Gasteiger partial charge is 0.352 e. The van der Waals surface area contributed by atoms with Crippen molar-refractivity contribution in [2.75, 3.05) is 19.6 Å². The summed E-state index contributed by atoms with van der Waals surface area (Å²) in [4.78, 5) is 55.1. The van der Waals surface area contributed by atoms with Gasteiger partial charge in [0.2, 0.25) is 23.5 Å². The minimum Gasteiger partial charge on any atom is -0.352 e. The van der Waals surface area contributed by atoms with Gasteiger partial charge in [-0.3, -0.25) is 14.4 Å². The maximum absolute atomic E-state index is 13.7. The van der Waals surface area contributed by atoms with Gasteiger partial charge in [-0.2, -0.15) is 0 Å². The van der Waals surface area contributed by atoms with Crippen LogP contribution in [0.4, 0.5) is 0 Å². The van der Waals surface area contributed by atoms with Gasteiger partial charge in [-0.05, 0) is 57.8 Å². The average molecular weight is 520 g/mol. The third kappa shape index (κ3) is 4.80. The Morgan fingerprint density at radius 2 is 1.81 bits per heavy atom. The maximum atomic E-state index is 13.7. The molecule has 2 bridgehead atoms. The molecule has 6 aliphatic rings. The molecule has 9 heteroatoms. The molecule has 4 aliphatic heterocycles. The highest BCUT2D eigenvalue weighted by atomic mass is 17.3. The molecule has 1 spiro atoms. The van der Waals surface area contributed by atoms with Gasteiger partial charge >= 0.3 is 0 Å². The predicted octanol–water partition coefficient (Wildman–Crippen LogP) is 3.37. The molecule has 4 unspecified atom stereocenters. The van der Waals surface area contributed by atoms with Gasteiger partial charge in [0, 0.05) is 43.8 Å². The van der Waals surface area contributed by atoms with Crippen LogP contribution in [0.1, 0.15) is 91.9 Å². The molecule has 2 aliphatic carbocycles. The van der Waals surface area contributed by atoms with Crippen LogP contribution in [-0.4, -0.2) is 70.8 Å². The Bertz CT molecular complexity index is 893. The summed E-state index contributed by atoms with van der Waals surface area (Å²) in [5.41, 5.74) is -0.714. The van der Waals surface area contributed by atoms with Crippen molar-refractivity contribution in [1.82, 2.24) is 15.1 Å². The summed E-state index contributed by atoms with van der Waals surface area (Å²) in [7, 11) is 0. The molecular weight excluding hydrogens is 474 g/mol. The molecule has 9 nitrogen and oxygen atoms in total. The summed E-state index contributed by atoms with van der Waals surface area (Å²) in [6.45, 7) is 8.75. The van der Waals surface area contributed by atoms with Crippen molar-refractivity contribution in [2.24, 2.45) is 23.7 Å². The Morgan fingerprint density at radius 1 is 1.05 bits per heavy atom. The van der Waals surface area contributed by atoms with Crippen molar-refractivity contribution in [3.63, 3.8) is 0 Å². The van der Waals surface area contributed by atoms with Crippen LogP contribution in [0.5, 0.6) is 0 Å². The standard InChI is InChI=1S/C28H45N3O6/c1-5-30(17-23(32)29-20-9-7-6-8-10-20)24(33)14-16-31-25(34)19(3)22-12-11-18(2)21-13-15-27(4)35-26(31)28(21,22)37-36-27/h18-22,26H,5-17H2,1-4H3,(H,29,32)/t18-,19+,21?,22?,26?,27?,28+/m0/s1. The molecule has 2 saturated carbocycles. The van der Waals surface area contributed by atoms with Crippen molar-refractivity contribution >= 4 is 17.7 Å². The highest BCUT2D eigenvalue weighted by Crippen LogP contribution is 2.60. The average Bonchev–Trinajstić information content (AvgIpc) is 3.12. The number of fused-ring (bicyclic) bond motifs is 2. The summed E-state index contributed by atoms with van der Waals surface area (Å²) in [5.74, 6) is -0.674. The molecule has 7 atom stereocenters. The van der Waals surface area contributed by atoms with Gasteiger partial charge in [0.25, 0.3) is 0 Å². The normalized spacial score (nSPS) is 39.6. The van der Waals surface area contributed by atoms with Crippen LogP contribution in [0.3, 0.4) is 0 Å². The van der Waals surface area contributed by atoms with Crippen LogP contribution < -0.4 is 5.32 Å². The van der Waals surface area contributed by atoms with E-state index in [4.69, 9.17) is 14.5 Å². The first-order chi connectivity index (χ1) is 17.7. The number of likely N-dealkylation sites (N-methyl/N-ethyl adjacent to an activating group) is 1. The van der Waals surface area contributed by atoms with E-state index in [0.717, 1.165) is 44.9 Å². The van der Waals surface area contributed by atoms with Gasteiger partial charge in [0.1, 0.15) is 0 Å². The molecule has 4 heterocycles. The minimum absolute atomic E-state index is 0.0135. The molecule has 0 aromatic carbocycles. The van der Waals surface area contributed by atoms with Crippen LogP contribution in [0.2, 0.25) is 0 Å². The van der Waals surface area contributed by atoms with E-state index in [1.807, 2.05) is 20.8 Å². The lowest BCUT2D eigenvalue weighted by Crippen LogP contribution is -2.75. The number of nitrogens with zero attached hydrogens (tertiary/aromatic N) is 2. The second-order valence-corrected chi connectivity index (χ2v) is 12.3. The van der Waals surface area contributed by atoms with Crippen molar-refractivity contribution in [1.29, 1.82) is 0 Å². The van der Waals surface area contributed by atoms with Gasteiger partial charge in [-0.15, -0.1) is 0 Å². The summed E-state index contributed by atoms with van der Waals surface area (Å²) < 4.78 is 6.55. The summed E-state index contributed by atoms with van der Waals surface area (Å²) in [5, 5.41) is 3.10. The van der Waals surface area contributed by atoms with Gasteiger partial charge in [0.15, 0.2) is 11.8 Å². The lowest BCUT2D eigenvalue weighted by Gasteiger charge is -2.61. The maximum Gasteiger partial charge on any atom is 0.239 e. The van der Waals surface area contributed by atoms with E-state index in [1.54, 1.807) is 9.80 Å². The highest BCUT2D eigenvalue weighted by Gasteiger charge is 2.70. The fourth-order valence-electron chi connectivity index (χ4n) is 7.83. The van der Waals surface area contributed by atoms with E-state index >= 15 is 0 Å². The van der Waals surface area contributed by atoms with Crippen LogP contribution >= 0.6 is 0 Å². The van der Waals surface area contributed by atoms with E-state index < -0.39 is 17.6 Å².